The summed E-state index contributed by atoms with van der Waals surface area (Å²) in [6, 6.07) is -0.380. The van der Waals surface area contributed by atoms with Gasteiger partial charge in [0.25, 0.3) is 11.5 Å². The molecular formula is C12H15N3O3S. The number of hydrogen-bond donors (Lipinski definition) is 2. The Bertz CT molecular complexity index is 647. The van der Waals surface area contributed by atoms with Crippen molar-refractivity contribution >= 4 is 22.2 Å². The molecule has 2 rings (SSSR count). The zero-order valence-corrected chi connectivity index (χ0v) is 11.5. The molecule has 0 aliphatic rings. The summed E-state index contributed by atoms with van der Waals surface area (Å²) in [5.41, 5.74) is -0.417. The quantitative estimate of drug-likeness (QED) is 0.855. The number of carbonyl (C=O) groups is 1. The van der Waals surface area contributed by atoms with Gasteiger partial charge in [-0.05, 0) is 5.92 Å². The SMILES string of the molecule is CC(C)[C@@H](CO)NC(=O)c1cnc2sccn2c1=O. The van der Waals surface area contributed by atoms with Gasteiger partial charge in [0.1, 0.15) is 5.56 Å². The van der Waals surface area contributed by atoms with Gasteiger partial charge < -0.3 is 10.4 Å². The molecule has 0 fully saturated rings. The highest BCUT2D eigenvalue weighted by Crippen LogP contribution is 2.06. The van der Waals surface area contributed by atoms with Crippen LogP contribution in [0.1, 0.15) is 24.2 Å². The van der Waals surface area contributed by atoms with Crippen LogP contribution in [-0.4, -0.2) is 33.0 Å². The van der Waals surface area contributed by atoms with Crippen molar-refractivity contribution in [2.24, 2.45) is 5.92 Å². The highest BCUT2D eigenvalue weighted by molar-refractivity contribution is 7.15. The van der Waals surface area contributed by atoms with Gasteiger partial charge in [0.15, 0.2) is 4.96 Å². The molecule has 7 heteroatoms. The van der Waals surface area contributed by atoms with Crippen LogP contribution in [-0.2, 0) is 0 Å². The van der Waals surface area contributed by atoms with Gasteiger partial charge in [0, 0.05) is 17.8 Å². The lowest BCUT2D eigenvalue weighted by molar-refractivity contribution is 0.0895. The number of nitrogens with one attached hydrogen (secondary N) is 1. The second kappa shape index (κ2) is 5.50. The van der Waals surface area contributed by atoms with Gasteiger partial charge in [-0.2, -0.15) is 0 Å². The average Bonchev–Trinajstić information content (AvgIpc) is 2.84. The topological polar surface area (TPSA) is 83.7 Å². The van der Waals surface area contributed by atoms with Crippen molar-refractivity contribution in [3.63, 3.8) is 0 Å². The standard InChI is InChI=1S/C12H15N3O3S/c1-7(2)9(6-16)14-10(17)8-5-13-12-15(11(8)18)3-4-19-12/h3-5,7,9,16H,6H2,1-2H3,(H,14,17)/t9-/m1/s1. The number of thiazole rings is 1. The second-order valence-electron chi connectivity index (χ2n) is 4.54. The largest absolute Gasteiger partial charge is 0.394 e. The second-order valence-corrected chi connectivity index (χ2v) is 5.41. The minimum atomic E-state index is -0.508. The fraction of sp³-hybridized carbons (Fsp3) is 0.417. The molecule has 2 aromatic rings. The van der Waals surface area contributed by atoms with Crippen LogP contribution in [0.15, 0.2) is 22.6 Å². The van der Waals surface area contributed by atoms with Crippen LogP contribution >= 0.6 is 11.3 Å². The number of rotatable bonds is 4. The van der Waals surface area contributed by atoms with Crippen LogP contribution in [0.3, 0.4) is 0 Å². The average molecular weight is 281 g/mol. The summed E-state index contributed by atoms with van der Waals surface area (Å²) in [5, 5.41) is 13.6. The van der Waals surface area contributed by atoms with Gasteiger partial charge >= 0.3 is 0 Å². The molecule has 0 unspecified atom stereocenters. The molecule has 102 valence electrons. The summed E-state index contributed by atoms with van der Waals surface area (Å²) < 4.78 is 1.34. The fourth-order valence-corrected chi connectivity index (χ4v) is 2.32. The third-order valence-corrected chi connectivity index (χ3v) is 3.68. The smallest absolute Gasteiger partial charge is 0.271 e. The normalized spacial score (nSPS) is 12.8. The molecule has 0 radical (unpaired) electrons. The van der Waals surface area contributed by atoms with E-state index in [1.54, 1.807) is 11.6 Å². The Morgan fingerprint density at radius 3 is 2.95 bits per heavy atom. The van der Waals surface area contributed by atoms with Crippen molar-refractivity contribution in [2.45, 2.75) is 19.9 Å². The van der Waals surface area contributed by atoms with E-state index < -0.39 is 11.5 Å². The predicted octanol–water partition coefficient (Wildman–Crippen LogP) is 0.503. The minimum Gasteiger partial charge on any atom is -0.394 e. The molecule has 6 nitrogen and oxygen atoms in total. The Hall–Kier alpha value is -1.73. The van der Waals surface area contributed by atoms with Crippen LogP contribution in [0, 0.1) is 5.92 Å². The van der Waals surface area contributed by atoms with Crippen molar-refractivity contribution < 1.29 is 9.90 Å². The maximum Gasteiger partial charge on any atom is 0.271 e. The maximum atomic E-state index is 12.1. The van der Waals surface area contributed by atoms with E-state index in [0.29, 0.717) is 4.96 Å². The molecule has 2 N–H and O–H groups in total. The number of hydrogen-bond acceptors (Lipinski definition) is 5. The molecule has 0 aromatic carbocycles. The lowest BCUT2D eigenvalue weighted by Gasteiger charge is -2.19. The third-order valence-electron chi connectivity index (χ3n) is 2.91. The highest BCUT2D eigenvalue weighted by atomic mass is 32.1. The molecule has 19 heavy (non-hydrogen) atoms. The van der Waals surface area contributed by atoms with Gasteiger partial charge in [-0.3, -0.25) is 14.0 Å². The van der Waals surface area contributed by atoms with Gasteiger partial charge in [0.05, 0.1) is 12.6 Å². The van der Waals surface area contributed by atoms with Crippen molar-refractivity contribution in [3.8, 4) is 0 Å². The van der Waals surface area contributed by atoms with E-state index in [2.05, 4.69) is 10.3 Å². The van der Waals surface area contributed by atoms with Gasteiger partial charge in [-0.15, -0.1) is 11.3 Å². The van der Waals surface area contributed by atoms with E-state index in [4.69, 9.17) is 0 Å². The zero-order valence-electron chi connectivity index (χ0n) is 10.7. The first-order chi connectivity index (χ1) is 9.04. The summed E-state index contributed by atoms with van der Waals surface area (Å²) in [7, 11) is 0. The summed E-state index contributed by atoms with van der Waals surface area (Å²) in [4.78, 5) is 28.7. The number of aliphatic hydroxyl groups excluding tert-OH is 1. The molecule has 1 atom stereocenters. The van der Waals surface area contributed by atoms with Crippen molar-refractivity contribution in [1.29, 1.82) is 0 Å². The van der Waals surface area contributed by atoms with Gasteiger partial charge in [-0.1, -0.05) is 13.8 Å². The maximum absolute atomic E-state index is 12.1. The van der Waals surface area contributed by atoms with Crippen LogP contribution in [0.25, 0.3) is 4.96 Å². The first-order valence-electron chi connectivity index (χ1n) is 5.91. The monoisotopic (exact) mass is 281 g/mol. The Balaban J connectivity index is 2.31. The van der Waals surface area contributed by atoms with E-state index in [1.807, 2.05) is 13.8 Å². The number of amides is 1. The number of carbonyl (C=O) groups excluding carboxylic acids is 1. The first kappa shape index (κ1) is 13.7. The molecule has 1 amide bonds. The van der Waals surface area contributed by atoms with Crippen LogP contribution in [0.4, 0.5) is 0 Å². The Morgan fingerprint density at radius 2 is 2.32 bits per heavy atom. The van der Waals surface area contributed by atoms with E-state index >= 15 is 0 Å². The lowest BCUT2D eigenvalue weighted by Crippen LogP contribution is -2.43. The third kappa shape index (κ3) is 2.66. The Kier molecular flexibility index (Phi) is 3.96. The molecular weight excluding hydrogens is 266 g/mol. The van der Waals surface area contributed by atoms with E-state index in [-0.39, 0.29) is 24.1 Å². The summed E-state index contributed by atoms with van der Waals surface area (Å²) >= 11 is 1.33. The first-order valence-corrected chi connectivity index (χ1v) is 6.79. The summed E-state index contributed by atoms with van der Waals surface area (Å²) in [6.45, 7) is 3.60. The zero-order chi connectivity index (χ0) is 14.0. The van der Waals surface area contributed by atoms with Crippen molar-refractivity contribution in [1.82, 2.24) is 14.7 Å². The van der Waals surface area contributed by atoms with E-state index in [0.717, 1.165) is 0 Å². The van der Waals surface area contributed by atoms with Crippen LogP contribution in [0.5, 0.6) is 0 Å². The van der Waals surface area contributed by atoms with Crippen LogP contribution < -0.4 is 10.9 Å². The molecule has 0 spiro atoms. The van der Waals surface area contributed by atoms with Crippen molar-refractivity contribution in [3.05, 3.63) is 33.7 Å². The van der Waals surface area contributed by atoms with Crippen LogP contribution in [0.2, 0.25) is 0 Å². The summed E-state index contributed by atoms with van der Waals surface area (Å²) in [5.74, 6) is -0.430. The van der Waals surface area contributed by atoms with Gasteiger partial charge in [0.2, 0.25) is 0 Å². The van der Waals surface area contributed by atoms with E-state index in [9.17, 15) is 14.7 Å². The molecule has 0 bridgehead atoms. The number of aromatic nitrogens is 2. The highest BCUT2D eigenvalue weighted by Gasteiger charge is 2.19. The van der Waals surface area contributed by atoms with Gasteiger partial charge in [-0.25, -0.2) is 4.98 Å². The minimum absolute atomic E-state index is 0.0185. The molecule has 0 saturated heterocycles. The molecule has 0 saturated carbocycles. The number of aliphatic hydroxyl groups is 1. The summed E-state index contributed by atoms with van der Waals surface area (Å²) in [6.07, 6.45) is 2.86. The number of nitrogens with zero attached hydrogens (tertiary/aromatic N) is 2. The predicted molar refractivity (Wildman–Crippen MR) is 72.5 cm³/mol. The number of fused-ring (bicyclic) bond motifs is 1. The molecule has 2 heterocycles. The Morgan fingerprint density at radius 1 is 1.58 bits per heavy atom. The Labute approximate surface area is 113 Å². The fourth-order valence-electron chi connectivity index (χ4n) is 1.65. The molecule has 0 aliphatic heterocycles. The molecule has 2 aromatic heterocycles. The van der Waals surface area contributed by atoms with Crippen molar-refractivity contribution in [2.75, 3.05) is 6.61 Å². The van der Waals surface area contributed by atoms with E-state index in [1.165, 1.54) is 21.9 Å². The molecule has 0 aliphatic carbocycles. The lowest BCUT2D eigenvalue weighted by atomic mass is 10.1.